The van der Waals surface area contributed by atoms with Gasteiger partial charge in [0.15, 0.2) is 0 Å². The molecule has 6 nitrogen and oxygen atoms in total. The van der Waals surface area contributed by atoms with Gasteiger partial charge in [-0.25, -0.2) is 4.98 Å². The van der Waals surface area contributed by atoms with Crippen LogP contribution in [-0.4, -0.2) is 47.0 Å². The van der Waals surface area contributed by atoms with Gasteiger partial charge in [-0.15, -0.1) is 0 Å². The van der Waals surface area contributed by atoms with Crippen LogP contribution in [0.5, 0.6) is 0 Å². The molecule has 0 amide bonds. The molecule has 0 atom stereocenters. The van der Waals surface area contributed by atoms with Crippen molar-refractivity contribution in [3.8, 4) is 11.4 Å². The van der Waals surface area contributed by atoms with Crippen molar-refractivity contribution in [2.75, 3.05) is 37.8 Å². The minimum atomic E-state index is 0.566. The monoisotopic (exact) mass is 396 g/mol. The first-order valence-electron chi connectivity index (χ1n) is 9.15. The third-order valence-electron chi connectivity index (χ3n) is 4.25. The van der Waals surface area contributed by atoms with Gasteiger partial charge in [-0.05, 0) is 63.3 Å². The Morgan fingerprint density at radius 1 is 1.00 bits per heavy atom. The van der Waals surface area contributed by atoms with E-state index in [0.717, 1.165) is 46.3 Å². The van der Waals surface area contributed by atoms with Gasteiger partial charge in [0.25, 0.3) is 0 Å². The maximum atomic E-state index is 6.16. The Hall–Kier alpha value is -2.70. The molecule has 146 valence electrons. The van der Waals surface area contributed by atoms with Gasteiger partial charge in [0.1, 0.15) is 5.82 Å². The lowest BCUT2D eigenvalue weighted by Crippen LogP contribution is -2.21. The fourth-order valence-electron chi connectivity index (χ4n) is 2.86. The number of halogens is 1. The number of likely N-dealkylation sites (N-methyl/N-ethyl adjacent to an activating group) is 1. The molecular formula is C21H25ClN6. The molecule has 0 spiro atoms. The summed E-state index contributed by atoms with van der Waals surface area (Å²) in [6.07, 6.45) is 1.76. The number of hydrogen-bond donors (Lipinski definition) is 2. The van der Waals surface area contributed by atoms with E-state index in [1.54, 1.807) is 6.20 Å². The highest BCUT2D eigenvalue weighted by Gasteiger charge is 2.11. The van der Waals surface area contributed by atoms with E-state index < -0.39 is 0 Å². The molecule has 3 rings (SSSR count). The number of benzene rings is 1. The van der Waals surface area contributed by atoms with Gasteiger partial charge < -0.3 is 15.5 Å². The van der Waals surface area contributed by atoms with Crippen LogP contribution < -0.4 is 10.6 Å². The Morgan fingerprint density at radius 2 is 1.75 bits per heavy atom. The van der Waals surface area contributed by atoms with E-state index in [0.29, 0.717) is 11.8 Å². The molecule has 1 aromatic carbocycles. The number of anilines is 3. The van der Waals surface area contributed by atoms with Crippen molar-refractivity contribution in [3.05, 3.63) is 58.7 Å². The summed E-state index contributed by atoms with van der Waals surface area (Å²) in [7, 11) is 4.07. The summed E-state index contributed by atoms with van der Waals surface area (Å²) in [5, 5.41) is 7.45. The molecule has 0 bridgehead atoms. The fraction of sp³-hybridized carbons (Fsp3) is 0.286. The number of nitrogens with one attached hydrogen (secondary N) is 2. The smallest absolute Gasteiger partial charge is 0.225 e. The Labute approximate surface area is 171 Å². The molecule has 0 saturated heterocycles. The number of nitrogens with zero attached hydrogens (tertiary/aromatic N) is 4. The van der Waals surface area contributed by atoms with Crippen molar-refractivity contribution in [1.82, 2.24) is 19.9 Å². The lowest BCUT2D eigenvalue weighted by Gasteiger charge is -2.15. The van der Waals surface area contributed by atoms with Crippen LogP contribution in [0.2, 0.25) is 5.02 Å². The van der Waals surface area contributed by atoms with Crippen LogP contribution >= 0.6 is 11.6 Å². The van der Waals surface area contributed by atoms with E-state index in [4.69, 9.17) is 11.6 Å². The summed E-state index contributed by atoms with van der Waals surface area (Å²) in [4.78, 5) is 15.8. The first-order chi connectivity index (χ1) is 13.4. The van der Waals surface area contributed by atoms with Gasteiger partial charge in [-0.3, -0.25) is 4.98 Å². The first-order valence-corrected chi connectivity index (χ1v) is 9.53. The molecule has 2 N–H and O–H groups in total. The Balaban J connectivity index is 1.95. The Bertz CT molecular complexity index is 920. The van der Waals surface area contributed by atoms with Crippen molar-refractivity contribution >= 4 is 29.1 Å². The molecule has 7 heteroatoms. The molecule has 0 saturated carbocycles. The largest absolute Gasteiger partial charge is 0.353 e. The number of rotatable bonds is 7. The second kappa shape index (κ2) is 8.99. The van der Waals surface area contributed by atoms with E-state index in [1.807, 2.05) is 64.3 Å². The number of aromatic nitrogens is 3. The maximum absolute atomic E-state index is 6.16. The summed E-state index contributed by atoms with van der Waals surface area (Å²) >= 11 is 6.16. The minimum absolute atomic E-state index is 0.566. The number of pyridine rings is 1. The van der Waals surface area contributed by atoms with Crippen LogP contribution in [0.1, 0.15) is 11.1 Å². The molecule has 0 radical (unpaired) electrons. The molecule has 2 heterocycles. The van der Waals surface area contributed by atoms with Gasteiger partial charge >= 0.3 is 0 Å². The van der Waals surface area contributed by atoms with Gasteiger partial charge in [0.2, 0.25) is 5.95 Å². The fourth-order valence-corrected chi connectivity index (χ4v) is 3.19. The summed E-state index contributed by atoms with van der Waals surface area (Å²) in [6.45, 7) is 5.68. The van der Waals surface area contributed by atoms with E-state index >= 15 is 0 Å². The first kappa shape index (κ1) is 20.0. The summed E-state index contributed by atoms with van der Waals surface area (Å²) in [5.74, 6) is 1.27. The van der Waals surface area contributed by atoms with Crippen molar-refractivity contribution in [2.24, 2.45) is 0 Å². The second-order valence-corrected chi connectivity index (χ2v) is 7.38. The van der Waals surface area contributed by atoms with Crippen molar-refractivity contribution in [1.29, 1.82) is 0 Å². The molecule has 0 unspecified atom stereocenters. The van der Waals surface area contributed by atoms with E-state index in [-0.39, 0.29) is 0 Å². The van der Waals surface area contributed by atoms with Crippen LogP contribution in [0.15, 0.2) is 42.6 Å². The van der Waals surface area contributed by atoms with Crippen LogP contribution in [0.3, 0.4) is 0 Å². The molecule has 0 aliphatic heterocycles. The molecule has 0 fully saturated rings. The predicted octanol–water partition coefficient (Wildman–Crippen LogP) is 4.53. The highest BCUT2D eigenvalue weighted by atomic mass is 35.5. The van der Waals surface area contributed by atoms with Crippen LogP contribution in [0.4, 0.5) is 17.5 Å². The summed E-state index contributed by atoms with van der Waals surface area (Å²) < 4.78 is 0. The van der Waals surface area contributed by atoms with E-state index in [1.165, 1.54) is 0 Å². The normalized spacial score (nSPS) is 10.9. The van der Waals surface area contributed by atoms with Crippen molar-refractivity contribution in [2.45, 2.75) is 13.8 Å². The van der Waals surface area contributed by atoms with E-state index in [9.17, 15) is 0 Å². The summed E-state index contributed by atoms with van der Waals surface area (Å²) in [6, 6.07) is 11.6. The molecule has 0 aliphatic rings. The van der Waals surface area contributed by atoms with Crippen LogP contribution in [0, 0.1) is 13.8 Å². The summed E-state index contributed by atoms with van der Waals surface area (Å²) in [5.41, 5.74) is 4.67. The van der Waals surface area contributed by atoms with Crippen LogP contribution in [-0.2, 0) is 0 Å². The highest BCUT2D eigenvalue weighted by molar-refractivity contribution is 6.30. The topological polar surface area (TPSA) is 66.0 Å². The van der Waals surface area contributed by atoms with Gasteiger partial charge in [0, 0.05) is 36.1 Å². The average molecular weight is 397 g/mol. The molecule has 2 aromatic heterocycles. The zero-order chi connectivity index (χ0) is 20.1. The predicted molar refractivity (Wildman–Crippen MR) is 117 cm³/mol. The Morgan fingerprint density at radius 3 is 2.39 bits per heavy atom. The number of hydrogen-bond acceptors (Lipinski definition) is 6. The highest BCUT2D eigenvalue weighted by Crippen LogP contribution is 2.29. The molecule has 0 aliphatic carbocycles. The van der Waals surface area contributed by atoms with E-state index in [2.05, 4.69) is 30.5 Å². The molecular weight excluding hydrogens is 372 g/mol. The minimum Gasteiger partial charge on any atom is -0.353 e. The molecule has 3 aromatic rings. The van der Waals surface area contributed by atoms with Crippen molar-refractivity contribution in [3.63, 3.8) is 0 Å². The second-order valence-electron chi connectivity index (χ2n) is 6.95. The third-order valence-corrected chi connectivity index (χ3v) is 4.46. The zero-order valence-corrected chi connectivity index (χ0v) is 17.4. The lowest BCUT2D eigenvalue weighted by molar-refractivity contribution is 0.425. The van der Waals surface area contributed by atoms with Crippen LogP contribution in [0.25, 0.3) is 11.4 Å². The zero-order valence-electron chi connectivity index (χ0n) is 16.6. The average Bonchev–Trinajstić information content (AvgIpc) is 2.65. The van der Waals surface area contributed by atoms with Gasteiger partial charge in [0.05, 0.1) is 11.4 Å². The lowest BCUT2D eigenvalue weighted by atomic mass is 10.1. The third kappa shape index (κ3) is 5.18. The quantitative estimate of drug-likeness (QED) is 0.611. The maximum Gasteiger partial charge on any atom is 0.225 e. The number of aryl methyl sites for hydroxylation is 2. The Kier molecular flexibility index (Phi) is 6.44. The SMILES string of the molecule is Cc1cc(Cl)cc(C)c1Nc1cc(-c2ccccn2)nc(NCCN(C)C)n1. The van der Waals surface area contributed by atoms with Gasteiger partial charge in [-0.1, -0.05) is 17.7 Å². The van der Waals surface area contributed by atoms with Crippen molar-refractivity contribution < 1.29 is 0 Å². The standard InChI is InChI=1S/C21H25ClN6/c1-14-11-16(22)12-15(2)20(14)26-19-13-18(17-7-5-6-8-23-17)25-21(27-19)24-9-10-28(3)4/h5-8,11-13H,9-10H2,1-4H3,(H2,24,25,26,27). The molecule has 28 heavy (non-hydrogen) atoms. The van der Waals surface area contributed by atoms with Gasteiger partial charge in [-0.2, -0.15) is 4.98 Å².